The van der Waals surface area contributed by atoms with Crippen LogP contribution in [0.5, 0.6) is 0 Å². The monoisotopic (exact) mass is 299 g/mol. The Hall–Kier alpha value is -0.910. The van der Waals surface area contributed by atoms with Gasteiger partial charge < -0.3 is 10.1 Å². The van der Waals surface area contributed by atoms with Crippen molar-refractivity contribution >= 4 is 9.84 Å². The lowest BCUT2D eigenvalue weighted by atomic mass is 10.1. The average molecular weight is 299 g/mol. The normalized spacial score (nSPS) is 13.3. The molecule has 0 fully saturated rings. The maximum atomic E-state index is 12.2. The van der Waals surface area contributed by atoms with Gasteiger partial charge in [0.2, 0.25) is 0 Å². The van der Waals surface area contributed by atoms with Gasteiger partial charge in [0, 0.05) is 19.8 Å². The summed E-state index contributed by atoms with van der Waals surface area (Å²) in [5.41, 5.74) is 1.02. The molecule has 114 valence electrons. The Morgan fingerprint density at radius 1 is 1.25 bits per heavy atom. The molecule has 4 nitrogen and oxygen atoms in total. The summed E-state index contributed by atoms with van der Waals surface area (Å²) in [4.78, 5) is 0. The smallest absolute Gasteiger partial charge is 0.152 e. The van der Waals surface area contributed by atoms with Crippen LogP contribution in [0.15, 0.2) is 30.3 Å². The van der Waals surface area contributed by atoms with Crippen LogP contribution in [0.25, 0.3) is 0 Å². The van der Waals surface area contributed by atoms with E-state index in [0.29, 0.717) is 13.0 Å². The highest BCUT2D eigenvalue weighted by Crippen LogP contribution is 2.15. The van der Waals surface area contributed by atoms with Crippen LogP contribution in [-0.4, -0.2) is 40.2 Å². The molecule has 0 aromatic heterocycles. The van der Waals surface area contributed by atoms with E-state index in [2.05, 4.69) is 12.2 Å². The zero-order valence-electron chi connectivity index (χ0n) is 12.3. The molecule has 0 amide bonds. The summed E-state index contributed by atoms with van der Waals surface area (Å²) in [6.07, 6.45) is 1.53. The molecule has 0 aliphatic rings. The quantitative estimate of drug-likeness (QED) is 0.673. The van der Waals surface area contributed by atoms with E-state index in [-0.39, 0.29) is 17.5 Å². The van der Waals surface area contributed by atoms with Crippen LogP contribution in [0.4, 0.5) is 0 Å². The van der Waals surface area contributed by atoms with Gasteiger partial charge in [0.15, 0.2) is 9.84 Å². The van der Waals surface area contributed by atoms with Crippen LogP contribution in [0.3, 0.4) is 0 Å². The van der Waals surface area contributed by atoms with Gasteiger partial charge in [-0.05, 0) is 24.9 Å². The number of nitrogens with one attached hydrogen (secondary N) is 1. The van der Waals surface area contributed by atoms with Crippen molar-refractivity contribution in [2.75, 3.05) is 31.8 Å². The van der Waals surface area contributed by atoms with Gasteiger partial charge in [-0.15, -0.1) is 0 Å². The van der Waals surface area contributed by atoms with Crippen molar-refractivity contribution < 1.29 is 13.2 Å². The fourth-order valence-electron chi connectivity index (χ4n) is 2.04. The molecule has 0 saturated heterocycles. The molecule has 5 heteroatoms. The van der Waals surface area contributed by atoms with Gasteiger partial charge in [0.25, 0.3) is 0 Å². The van der Waals surface area contributed by atoms with E-state index < -0.39 is 9.84 Å². The van der Waals surface area contributed by atoms with Crippen molar-refractivity contribution in [3.8, 4) is 0 Å². The van der Waals surface area contributed by atoms with Crippen LogP contribution < -0.4 is 5.32 Å². The zero-order valence-corrected chi connectivity index (χ0v) is 13.2. The lowest BCUT2D eigenvalue weighted by molar-refractivity contribution is 0.199. The average Bonchev–Trinajstić information content (AvgIpc) is 2.44. The van der Waals surface area contributed by atoms with Gasteiger partial charge in [-0.25, -0.2) is 8.42 Å². The Balaban J connectivity index is 2.69. The van der Waals surface area contributed by atoms with Crippen LogP contribution in [0.1, 0.15) is 31.4 Å². The Labute approximate surface area is 122 Å². The molecular weight excluding hydrogens is 274 g/mol. The fraction of sp³-hybridized carbons (Fsp3) is 0.600. The molecule has 0 bridgehead atoms. The minimum absolute atomic E-state index is 0.135. The van der Waals surface area contributed by atoms with E-state index in [1.165, 1.54) is 0 Å². The lowest BCUT2D eigenvalue weighted by Crippen LogP contribution is -2.30. The van der Waals surface area contributed by atoms with Crippen molar-refractivity contribution in [3.05, 3.63) is 35.9 Å². The van der Waals surface area contributed by atoms with E-state index in [9.17, 15) is 8.42 Å². The summed E-state index contributed by atoms with van der Waals surface area (Å²) in [5.74, 6) is 0.318. The summed E-state index contributed by atoms with van der Waals surface area (Å²) >= 11 is 0. The molecule has 0 saturated carbocycles. The summed E-state index contributed by atoms with van der Waals surface area (Å²) < 4.78 is 29.2. The molecular formula is C15H25NO3S. The molecule has 0 aliphatic heterocycles. The second-order valence-corrected chi connectivity index (χ2v) is 7.11. The molecule has 1 aromatic rings. The Morgan fingerprint density at radius 2 is 1.95 bits per heavy atom. The number of sulfone groups is 1. The van der Waals surface area contributed by atoms with Gasteiger partial charge in [-0.2, -0.15) is 0 Å². The third-order valence-electron chi connectivity index (χ3n) is 3.07. The number of hydrogen-bond donors (Lipinski definition) is 1. The highest BCUT2D eigenvalue weighted by atomic mass is 32.2. The molecule has 1 unspecified atom stereocenters. The Morgan fingerprint density at radius 3 is 2.55 bits per heavy atom. The van der Waals surface area contributed by atoms with Gasteiger partial charge in [-0.3, -0.25) is 0 Å². The third kappa shape index (κ3) is 6.50. The molecule has 1 rings (SSSR count). The first-order chi connectivity index (χ1) is 9.59. The zero-order chi connectivity index (χ0) is 14.8. The maximum absolute atomic E-state index is 12.2. The van der Waals surface area contributed by atoms with Crippen molar-refractivity contribution in [2.45, 2.75) is 25.8 Å². The molecule has 1 atom stereocenters. The fourth-order valence-corrected chi connectivity index (χ4v) is 3.58. The van der Waals surface area contributed by atoms with Crippen molar-refractivity contribution in [2.24, 2.45) is 0 Å². The summed E-state index contributed by atoms with van der Waals surface area (Å²) in [7, 11) is -1.49. The number of benzene rings is 1. The summed E-state index contributed by atoms with van der Waals surface area (Å²) in [5, 5.41) is 3.32. The van der Waals surface area contributed by atoms with E-state index in [0.717, 1.165) is 18.5 Å². The number of hydrogen-bond acceptors (Lipinski definition) is 4. The largest absolute Gasteiger partial charge is 0.385 e. The SMILES string of the molecule is CCCNC(CS(=O)(=O)CCCOC)c1ccccc1. The molecule has 0 aliphatic carbocycles. The standard InChI is InChI=1S/C15H25NO3S/c1-3-10-16-15(14-8-5-4-6-9-14)13-20(17,18)12-7-11-19-2/h4-6,8-9,15-16H,3,7,10-13H2,1-2H3. The van der Waals surface area contributed by atoms with Gasteiger partial charge in [-0.1, -0.05) is 37.3 Å². The summed E-state index contributed by atoms with van der Waals surface area (Å²) in [6, 6.07) is 9.62. The van der Waals surface area contributed by atoms with Gasteiger partial charge in [0.05, 0.1) is 11.5 Å². The van der Waals surface area contributed by atoms with Crippen molar-refractivity contribution in [1.29, 1.82) is 0 Å². The van der Waals surface area contributed by atoms with E-state index >= 15 is 0 Å². The first kappa shape index (κ1) is 17.1. The molecule has 0 spiro atoms. The third-order valence-corrected chi connectivity index (χ3v) is 4.82. The van der Waals surface area contributed by atoms with Crippen LogP contribution in [0, 0.1) is 0 Å². The Kier molecular flexibility index (Phi) is 7.80. The number of ether oxygens (including phenoxy) is 1. The van der Waals surface area contributed by atoms with E-state index in [1.54, 1.807) is 7.11 Å². The highest BCUT2D eigenvalue weighted by molar-refractivity contribution is 7.91. The van der Waals surface area contributed by atoms with Crippen molar-refractivity contribution in [3.63, 3.8) is 0 Å². The predicted octanol–water partition coefficient (Wildman–Crippen LogP) is 2.18. The second-order valence-electron chi connectivity index (χ2n) is 4.88. The molecule has 20 heavy (non-hydrogen) atoms. The first-order valence-electron chi connectivity index (χ1n) is 7.06. The first-order valence-corrected chi connectivity index (χ1v) is 8.89. The van der Waals surface area contributed by atoms with Crippen molar-refractivity contribution in [1.82, 2.24) is 5.32 Å². The number of methoxy groups -OCH3 is 1. The van der Waals surface area contributed by atoms with E-state index in [1.807, 2.05) is 30.3 Å². The van der Waals surface area contributed by atoms with Crippen LogP contribution in [0.2, 0.25) is 0 Å². The second kappa shape index (κ2) is 9.10. The Bertz CT molecular complexity index is 459. The molecule has 0 radical (unpaired) electrons. The topological polar surface area (TPSA) is 55.4 Å². The lowest BCUT2D eigenvalue weighted by Gasteiger charge is -2.19. The maximum Gasteiger partial charge on any atom is 0.152 e. The van der Waals surface area contributed by atoms with Gasteiger partial charge >= 0.3 is 0 Å². The molecule has 1 aromatic carbocycles. The molecule has 0 heterocycles. The predicted molar refractivity (Wildman–Crippen MR) is 82.6 cm³/mol. The minimum atomic E-state index is -3.07. The highest BCUT2D eigenvalue weighted by Gasteiger charge is 2.19. The summed E-state index contributed by atoms with van der Waals surface area (Å²) in [6.45, 7) is 3.37. The minimum Gasteiger partial charge on any atom is -0.385 e. The number of rotatable bonds is 10. The van der Waals surface area contributed by atoms with Crippen LogP contribution in [-0.2, 0) is 14.6 Å². The van der Waals surface area contributed by atoms with E-state index in [4.69, 9.17) is 4.74 Å². The van der Waals surface area contributed by atoms with Gasteiger partial charge in [0.1, 0.15) is 0 Å². The molecule has 1 N–H and O–H groups in total. The van der Waals surface area contributed by atoms with Crippen LogP contribution >= 0.6 is 0 Å².